The van der Waals surface area contributed by atoms with E-state index in [4.69, 9.17) is 4.99 Å². The Balaban J connectivity index is 1.79. The zero-order valence-electron chi connectivity index (χ0n) is 10.2. The van der Waals surface area contributed by atoms with Crippen molar-refractivity contribution in [2.24, 2.45) is 4.99 Å². The molecule has 4 heteroatoms. The van der Waals surface area contributed by atoms with Gasteiger partial charge in [-0.3, -0.25) is 4.99 Å². The van der Waals surface area contributed by atoms with E-state index in [0.717, 1.165) is 17.2 Å². The quantitative estimate of drug-likeness (QED) is 0.918. The van der Waals surface area contributed by atoms with Gasteiger partial charge >= 0.3 is 0 Å². The average molecular weight is 257 g/mol. The number of nitrogens with one attached hydrogen (secondary N) is 1. The molecular formula is C14H15N3S. The van der Waals surface area contributed by atoms with E-state index in [0.29, 0.717) is 11.3 Å². The van der Waals surface area contributed by atoms with E-state index in [9.17, 15) is 0 Å². The minimum atomic E-state index is 0.339. The second-order valence-corrected chi connectivity index (χ2v) is 5.84. The summed E-state index contributed by atoms with van der Waals surface area (Å²) in [7, 11) is 0. The molecule has 1 N–H and O–H groups in total. The normalized spacial score (nSPS) is 23.1. The van der Waals surface area contributed by atoms with Crippen molar-refractivity contribution >= 4 is 16.8 Å². The lowest BCUT2D eigenvalue weighted by molar-refractivity contribution is 0.667. The third kappa shape index (κ3) is 2.34. The first-order chi connectivity index (χ1) is 8.83. The molecule has 18 heavy (non-hydrogen) atoms. The number of benzene rings is 1. The minimum Gasteiger partial charge on any atom is -0.348 e. The van der Waals surface area contributed by atoms with Gasteiger partial charge in [0, 0.05) is 29.1 Å². The van der Waals surface area contributed by atoms with Crippen LogP contribution in [-0.2, 0) is 6.42 Å². The monoisotopic (exact) mass is 257 g/mol. The second kappa shape index (κ2) is 4.98. The fourth-order valence-corrected chi connectivity index (χ4v) is 3.23. The first-order valence-electron chi connectivity index (χ1n) is 6.10. The van der Waals surface area contributed by atoms with Crippen LogP contribution in [0, 0.1) is 0 Å². The third-order valence-electron chi connectivity index (χ3n) is 3.13. The molecule has 3 nitrogen and oxygen atoms in total. The Labute approximate surface area is 111 Å². The Kier molecular flexibility index (Phi) is 3.19. The predicted octanol–water partition coefficient (Wildman–Crippen LogP) is 2.90. The van der Waals surface area contributed by atoms with E-state index >= 15 is 0 Å². The zero-order chi connectivity index (χ0) is 12.4. The third-order valence-corrected chi connectivity index (χ3v) is 4.38. The van der Waals surface area contributed by atoms with Crippen molar-refractivity contribution in [3.8, 4) is 0 Å². The van der Waals surface area contributed by atoms with Gasteiger partial charge in [-0.1, -0.05) is 37.3 Å². The zero-order valence-corrected chi connectivity index (χ0v) is 11.0. The number of rotatable bonds is 3. The van der Waals surface area contributed by atoms with Gasteiger partial charge in [0.2, 0.25) is 0 Å². The number of hydrogen-bond acceptors (Lipinski definition) is 3. The molecule has 0 bridgehead atoms. The number of imidazole rings is 1. The highest BCUT2D eigenvalue weighted by Gasteiger charge is 2.27. The van der Waals surface area contributed by atoms with Gasteiger partial charge in [-0.05, 0) is 0 Å². The molecule has 0 radical (unpaired) electrons. The molecule has 1 aromatic heterocycles. The molecule has 0 aliphatic carbocycles. The fourth-order valence-electron chi connectivity index (χ4n) is 2.10. The van der Waals surface area contributed by atoms with Crippen LogP contribution >= 0.6 is 11.8 Å². The number of hydrogen-bond donors (Lipinski definition) is 1. The van der Waals surface area contributed by atoms with Crippen molar-refractivity contribution in [1.29, 1.82) is 0 Å². The summed E-state index contributed by atoms with van der Waals surface area (Å²) in [5.41, 5.74) is 2.38. The number of nitrogens with zero attached hydrogens (tertiary/aromatic N) is 2. The molecule has 0 amide bonds. The molecular weight excluding hydrogens is 242 g/mol. The summed E-state index contributed by atoms with van der Waals surface area (Å²) >= 11 is 1.86. The van der Waals surface area contributed by atoms with Gasteiger partial charge in [0.15, 0.2) is 0 Å². The maximum atomic E-state index is 4.85. The highest BCUT2D eigenvalue weighted by atomic mass is 32.2. The lowest BCUT2D eigenvalue weighted by atomic mass is 10.1. The molecule has 2 atom stereocenters. The molecule has 0 saturated carbocycles. The molecule has 0 fully saturated rings. The molecule has 0 unspecified atom stereocenters. The summed E-state index contributed by atoms with van der Waals surface area (Å²) in [4.78, 5) is 12.1. The predicted molar refractivity (Wildman–Crippen MR) is 76.1 cm³/mol. The summed E-state index contributed by atoms with van der Waals surface area (Å²) in [6, 6.07) is 10.7. The largest absolute Gasteiger partial charge is 0.348 e. The Hall–Kier alpha value is -1.55. The average Bonchev–Trinajstić information content (AvgIpc) is 3.02. The van der Waals surface area contributed by atoms with Gasteiger partial charge in [-0.15, -0.1) is 11.8 Å². The van der Waals surface area contributed by atoms with Crippen LogP contribution in [0.1, 0.15) is 18.2 Å². The van der Waals surface area contributed by atoms with Crippen LogP contribution in [0.3, 0.4) is 0 Å². The van der Waals surface area contributed by atoms with Crippen molar-refractivity contribution < 1.29 is 0 Å². The second-order valence-electron chi connectivity index (χ2n) is 4.47. The van der Waals surface area contributed by atoms with Crippen LogP contribution in [-0.4, -0.2) is 26.3 Å². The smallest absolute Gasteiger partial charge is 0.0984 e. The number of aromatic amines is 1. The molecule has 0 saturated heterocycles. The van der Waals surface area contributed by atoms with Crippen molar-refractivity contribution in [3.05, 3.63) is 54.1 Å². The number of aliphatic imine (C=N–C) groups is 1. The molecule has 1 aromatic carbocycles. The molecule has 2 aromatic rings. The van der Waals surface area contributed by atoms with Gasteiger partial charge in [0.05, 0.1) is 17.4 Å². The summed E-state index contributed by atoms with van der Waals surface area (Å²) in [5, 5.41) is 1.68. The van der Waals surface area contributed by atoms with Crippen molar-refractivity contribution in [2.45, 2.75) is 24.6 Å². The highest BCUT2D eigenvalue weighted by molar-refractivity contribution is 8.15. The number of aromatic nitrogens is 2. The summed E-state index contributed by atoms with van der Waals surface area (Å²) < 4.78 is 0. The minimum absolute atomic E-state index is 0.339. The first kappa shape index (κ1) is 11.5. The van der Waals surface area contributed by atoms with E-state index in [1.165, 1.54) is 5.56 Å². The van der Waals surface area contributed by atoms with Crippen LogP contribution in [0.25, 0.3) is 0 Å². The molecule has 3 rings (SSSR count). The molecule has 92 valence electrons. The van der Waals surface area contributed by atoms with Gasteiger partial charge in [-0.25, -0.2) is 4.98 Å². The van der Waals surface area contributed by atoms with E-state index in [-0.39, 0.29) is 0 Å². The Morgan fingerprint density at radius 3 is 2.83 bits per heavy atom. The van der Waals surface area contributed by atoms with Crippen molar-refractivity contribution in [1.82, 2.24) is 9.97 Å². The van der Waals surface area contributed by atoms with E-state index in [1.54, 1.807) is 6.33 Å². The van der Waals surface area contributed by atoms with Gasteiger partial charge in [-0.2, -0.15) is 0 Å². The molecule has 0 spiro atoms. The Morgan fingerprint density at radius 2 is 2.11 bits per heavy atom. The van der Waals surface area contributed by atoms with Gasteiger partial charge < -0.3 is 4.98 Å². The number of thioether (sulfide) groups is 1. The topological polar surface area (TPSA) is 41.0 Å². The van der Waals surface area contributed by atoms with Crippen molar-refractivity contribution in [2.75, 3.05) is 0 Å². The van der Waals surface area contributed by atoms with Crippen molar-refractivity contribution in [3.63, 3.8) is 0 Å². The summed E-state index contributed by atoms with van der Waals surface area (Å²) in [5.74, 6) is 0. The summed E-state index contributed by atoms with van der Waals surface area (Å²) in [6.45, 7) is 2.24. The molecule has 1 aliphatic rings. The Bertz CT molecular complexity index is 533. The first-order valence-corrected chi connectivity index (χ1v) is 6.98. The van der Waals surface area contributed by atoms with E-state index in [2.05, 4.69) is 41.2 Å². The fraction of sp³-hybridized carbons (Fsp3) is 0.286. The maximum absolute atomic E-state index is 4.85. The SMILES string of the molecule is C[C@H]1SC(c2ccccc2)=N[C@@H]1Cc1cnc[nH]1. The van der Waals surface area contributed by atoms with Crippen LogP contribution in [0.5, 0.6) is 0 Å². The van der Waals surface area contributed by atoms with Crippen LogP contribution in [0.2, 0.25) is 0 Å². The lowest BCUT2D eigenvalue weighted by Gasteiger charge is -2.10. The number of H-pyrrole nitrogens is 1. The van der Waals surface area contributed by atoms with Gasteiger partial charge in [0.25, 0.3) is 0 Å². The molecule has 2 heterocycles. The molecule has 1 aliphatic heterocycles. The van der Waals surface area contributed by atoms with Crippen LogP contribution in [0.15, 0.2) is 47.8 Å². The van der Waals surface area contributed by atoms with E-state index < -0.39 is 0 Å². The lowest BCUT2D eigenvalue weighted by Crippen LogP contribution is -2.16. The standard InChI is InChI=1S/C14H15N3S/c1-10-13(7-12-8-15-9-16-12)17-14(18-10)11-5-3-2-4-6-11/h2-6,8-10,13H,7H2,1H3,(H,15,16)/t10-,13-/m1/s1. The van der Waals surface area contributed by atoms with Gasteiger partial charge in [0.1, 0.15) is 0 Å². The van der Waals surface area contributed by atoms with Crippen LogP contribution in [0.4, 0.5) is 0 Å². The maximum Gasteiger partial charge on any atom is 0.0984 e. The van der Waals surface area contributed by atoms with Crippen LogP contribution < -0.4 is 0 Å². The summed E-state index contributed by atoms with van der Waals surface area (Å²) in [6.07, 6.45) is 4.54. The Morgan fingerprint density at radius 1 is 1.28 bits per heavy atom. The van der Waals surface area contributed by atoms with E-state index in [1.807, 2.05) is 24.0 Å². The highest BCUT2D eigenvalue weighted by Crippen LogP contribution is 2.31.